The molecule has 11 heteroatoms. The van der Waals surface area contributed by atoms with Gasteiger partial charge in [-0.2, -0.15) is 0 Å². The van der Waals surface area contributed by atoms with Crippen LogP contribution in [0.3, 0.4) is 0 Å². The van der Waals surface area contributed by atoms with E-state index in [9.17, 15) is 24.0 Å². The second-order valence-corrected chi connectivity index (χ2v) is 10.8. The lowest BCUT2D eigenvalue weighted by Crippen LogP contribution is -2.47. The fraction of sp³-hybridized carbons (Fsp3) is 0.484. The van der Waals surface area contributed by atoms with Crippen molar-refractivity contribution in [1.82, 2.24) is 10.3 Å². The minimum absolute atomic E-state index is 0.0760. The maximum absolute atomic E-state index is 13.4. The average molecular weight is 583 g/mol. The topological polar surface area (TPSA) is 147 Å². The van der Waals surface area contributed by atoms with Crippen molar-refractivity contribution in [3.05, 3.63) is 57.9 Å². The van der Waals surface area contributed by atoms with Gasteiger partial charge in [0.15, 0.2) is 23.6 Å². The number of nitrogens with zero attached hydrogens (tertiary/aromatic N) is 1. The summed E-state index contributed by atoms with van der Waals surface area (Å²) in [6.07, 6.45) is -0.457. The molecule has 1 N–H and O–H groups in total. The zero-order valence-corrected chi connectivity index (χ0v) is 25.2. The molecule has 1 aromatic heterocycles. The molecule has 42 heavy (non-hydrogen) atoms. The Morgan fingerprint density at radius 2 is 1.69 bits per heavy atom. The van der Waals surface area contributed by atoms with Crippen LogP contribution >= 0.6 is 0 Å². The second-order valence-electron chi connectivity index (χ2n) is 10.8. The molecule has 1 aromatic carbocycles. The summed E-state index contributed by atoms with van der Waals surface area (Å²) in [6.45, 7) is 13.2. The molecular formula is C31H38N2O9. The van der Waals surface area contributed by atoms with E-state index >= 15 is 0 Å². The van der Waals surface area contributed by atoms with Gasteiger partial charge in [0, 0.05) is 6.20 Å². The summed E-state index contributed by atoms with van der Waals surface area (Å²) in [4.78, 5) is 69.1. The van der Waals surface area contributed by atoms with Gasteiger partial charge in [-0.15, -0.1) is 0 Å². The van der Waals surface area contributed by atoms with Gasteiger partial charge < -0.3 is 24.3 Å². The van der Waals surface area contributed by atoms with Crippen LogP contribution in [0.15, 0.2) is 24.4 Å². The van der Waals surface area contributed by atoms with Gasteiger partial charge in [0.25, 0.3) is 5.91 Å². The minimum Gasteiger partial charge on any atom is -0.463 e. The monoisotopic (exact) mass is 582 g/mol. The number of esters is 4. The van der Waals surface area contributed by atoms with Gasteiger partial charge in [-0.1, -0.05) is 38.5 Å². The number of rotatable bonds is 7. The number of aryl methyl sites for hydroxylation is 4. The molecule has 0 saturated carbocycles. The smallest absolute Gasteiger partial charge is 0.344 e. The lowest BCUT2D eigenvalue weighted by Gasteiger charge is -2.29. The summed E-state index contributed by atoms with van der Waals surface area (Å²) in [7, 11) is 0. The fourth-order valence-corrected chi connectivity index (χ4v) is 4.79. The van der Waals surface area contributed by atoms with Crippen LogP contribution in [0.5, 0.6) is 5.75 Å². The molecule has 1 amide bonds. The Bertz CT molecular complexity index is 1360. The van der Waals surface area contributed by atoms with Crippen LogP contribution in [0.4, 0.5) is 0 Å². The number of amides is 1. The van der Waals surface area contributed by atoms with Gasteiger partial charge >= 0.3 is 23.9 Å². The molecule has 11 nitrogen and oxygen atoms in total. The number of hydrogen-bond donors (Lipinski definition) is 1. The van der Waals surface area contributed by atoms with E-state index in [0.29, 0.717) is 11.1 Å². The van der Waals surface area contributed by atoms with Crippen LogP contribution in [-0.4, -0.2) is 59.6 Å². The van der Waals surface area contributed by atoms with E-state index in [1.165, 1.54) is 13.1 Å². The standard InChI is InChI=1S/C31H38N2O9/c1-9-21-26(42-28(35)15(2)3)20(8)40-30(37)22(14-39-29(21)36)33-27(34)24-25(17(5)10-11-32-24)41-31(38)23-18(6)12-16(4)13-19(23)7/h10-13,15,20-22,26H,9,14H2,1-8H3,(H,33,34). The van der Waals surface area contributed by atoms with E-state index in [1.807, 2.05) is 19.1 Å². The number of cyclic esters (lactones) is 2. The van der Waals surface area contributed by atoms with E-state index in [1.54, 1.807) is 47.6 Å². The zero-order valence-electron chi connectivity index (χ0n) is 25.2. The van der Waals surface area contributed by atoms with Crippen molar-refractivity contribution >= 4 is 29.8 Å². The van der Waals surface area contributed by atoms with Crippen molar-refractivity contribution < 1.29 is 42.9 Å². The first-order chi connectivity index (χ1) is 19.7. The molecule has 0 aliphatic carbocycles. The Hall–Kier alpha value is -4.28. The average Bonchev–Trinajstić information content (AvgIpc) is 2.93. The number of benzene rings is 1. The Morgan fingerprint density at radius 1 is 1.05 bits per heavy atom. The highest BCUT2D eigenvalue weighted by Gasteiger charge is 2.41. The summed E-state index contributed by atoms with van der Waals surface area (Å²) in [5.74, 6) is -5.09. The molecule has 2 heterocycles. The fourth-order valence-electron chi connectivity index (χ4n) is 4.79. The van der Waals surface area contributed by atoms with Gasteiger partial charge in [0.1, 0.15) is 12.7 Å². The lowest BCUT2D eigenvalue weighted by molar-refractivity contribution is -0.176. The molecule has 1 aliphatic rings. The molecule has 0 radical (unpaired) electrons. The molecule has 0 bridgehead atoms. The van der Waals surface area contributed by atoms with Crippen molar-refractivity contribution in [2.24, 2.45) is 11.8 Å². The number of nitrogens with one attached hydrogen (secondary N) is 1. The Morgan fingerprint density at radius 3 is 2.29 bits per heavy atom. The van der Waals surface area contributed by atoms with Crippen molar-refractivity contribution in [3.63, 3.8) is 0 Å². The number of carbonyl (C=O) groups is 5. The van der Waals surface area contributed by atoms with Crippen molar-refractivity contribution in [2.75, 3.05) is 6.61 Å². The molecule has 1 fully saturated rings. The Balaban J connectivity index is 1.86. The summed E-state index contributed by atoms with van der Waals surface area (Å²) in [5, 5.41) is 2.49. The van der Waals surface area contributed by atoms with E-state index in [-0.39, 0.29) is 17.9 Å². The number of carbonyl (C=O) groups excluding carboxylic acids is 5. The maximum Gasteiger partial charge on any atom is 0.344 e. The van der Waals surface area contributed by atoms with Crippen LogP contribution < -0.4 is 10.1 Å². The number of hydrogen-bond acceptors (Lipinski definition) is 10. The number of ether oxygens (including phenoxy) is 4. The van der Waals surface area contributed by atoms with Gasteiger partial charge in [-0.05, 0) is 63.8 Å². The summed E-state index contributed by atoms with van der Waals surface area (Å²) in [5.41, 5.74) is 3.02. The van der Waals surface area contributed by atoms with Crippen LogP contribution in [0, 0.1) is 39.5 Å². The van der Waals surface area contributed by atoms with E-state index in [4.69, 9.17) is 18.9 Å². The van der Waals surface area contributed by atoms with Crippen molar-refractivity contribution in [1.29, 1.82) is 0 Å². The zero-order chi connectivity index (χ0) is 31.3. The summed E-state index contributed by atoms with van der Waals surface area (Å²) < 4.78 is 22.1. The first-order valence-electron chi connectivity index (χ1n) is 13.9. The summed E-state index contributed by atoms with van der Waals surface area (Å²) in [6, 6.07) is 3.88. The molecule has 1 aliphatic heterocycles. The molecular weight excluding hydrogens is 544 g/mol. The number of aromatic nitrogens is 1. The molecule has 4 unspecified atom stereocenters. The third kappa shape index (κ3) is 7.32. The van der Waals surface area contributed by atoms with Gasteiger partial charge in [0.2, 0.25) is 0 Å². The predicted molar refractivity (Wildman–Crippen MR) is 151 cm³/mol. The summed E-state index contributed by atoms with van der Waals surface area (Å²) >= 11 is 0. The number of pyridine rings is 1. The Labute approximate surface area is 245 Å². The van der Waals surface area contributed by atoms with E-state index in [2.05, 4.69) is 10.3 Å². The highest BCUT2D eigenvalue weighted by Crippen LogP contribution is 2.26. The SMILES string of the molecule is CCC1C(=O)OCC(NC(=O)c2nccc(C)c2OC(=O)c2c(C)cc(C)cc2C)C(=O)OC(C)C1OC(=O)C(C)C. The van der Waals surface area contributed by atoms with Crippen LogP contribution in [-0.2, 0) is 28.6 Å². The molecule has 4 atom stereocenters. The normalized spacial score (nSPS) is 20.9. The molecule has 3 rings (SSSR count). The van der Waals surface area contributed by atoms with Gasteiger partial charge in [0.05, 0.1) is 17.4 Å². The Kier molecular flexibility index (Phi) is 10.4. The van der Waals surface area contributed by atoms with E-state index in [0.717, 1.165) is 16.7 Å². The second kappa shape index (κ2) is 13.6. The van der Waals surface area contributed by atoms with Crippen LogP contribution in [0.1, 0.15) is 77.2 Å². The first kappa shape index (κ1) is 32.2. The van der Waals surface area contributed by atoms with E-state index < -0.39 is 66.5 Å². The first-order valence-corrected chi connectivity index (χ1v) is 13.9. The molecule has 0 spiro atoms. The largest absolute Gasteiger partial charge is 0.463 e. The molecule has 1 saturated heterocycles. The third-order valence-corrected chi connectivity index (χ3v) is 7.00. The van der Waals surface area contributed by atoms with Crippen molar-refractivity contribution in [2.45, 2.75) is 80.1 Å². The van der Waals surface area contributed by atoms with Crippen LogP contribution in [0.25, 0.3) is 0 Å². The highest BCUT2D eigenvalue weighted by atomic mass is 16.6. The quantitative estimate of drug-likeness (QED) is 0.378. The molecule has 2 aromatic rings. The van der Waals surface area contributed by atoms with Crippen molar-refractivity contribution in [3.8, 4) is 5.75 Å². The van der Waals surface area contributed by atoms with Crippen LogP contribution in [0.2, 0.25) is 0 Å². The highest BCUT2D eigenvalue weighted by molar-refractivity contribution is 6.00. The van der Waals surface area contributed by atoms with Gasteiger partial charge in [-0.3, -0.25) is 14.4 Å². The minimum atomic E-state index is -1.41. The molecule has 226 valence electrons. The predicted octanol–water partition coefficient (Wildman–Crippen LogP) is 3.72. The maximum atomic E-state index is 13.4. The third-order valence-electron chi connectivity index (χ3n) is 7.00. The van der Waals surface area contributed by atoms with Gasteiger partial charge in [-0.25, -0.2) is 14.6 Å². The lowest BCUT2D eigenvalue weighted by atomic mass is 9.95.